The summed E-state index contributed by atoms with van der Waals surface area (Å²) in [4.78, 5) is 37.5. The number of aryl methyl sites for hydroxylation is 1. The first-order chi connectivity index (χ1) is 19.8. The van der Waals surface area contributed by atoms with Crippen LogP contribution in [-0.2, 0) is 5.41 Å². The predicted octanol–water partition coefficient (Wildman–Crippen LogP) is -4.57. The molecule has 1 aromatic carbocycles. The minimum absolute atomic E-state index is 0.000423. The fourth-order valence-electron chi connectivity index (χ4n) is 6.44. The van der Waals surface area contributed by atoms with Gasteiger partial charge in [-0.05, 0) is 30.9 Å². The second-order valence-electron chi connectivity index (χ2n) is 11.8. The van der Waals surface area contributed by atoms with Crippen molar-refractivity contribution in [1.82, 2.24) is 31.2 Å². The van der Waals surface area contributed by atoms with Gasteiger partial charge in [-0.25, -0.2) is 19.9 Å². The van der Waals surface area contributed by atoms with Crippen LogP contribution >= 0.6 is 0 Å². The number of aromatic nitrogens is 2. The molecule has 1 spiro atoms. The van der Waals surface area contributed by atoms with Gasteiger partial charge in [-0.15, -0.1) is 0 Å². The van der Waals surface area contributed by atoms with Gasteiger partial charge in [-0.1, -0.05) is 26.0 Å². The van der Waals surface area contributed by atoms with Crippen molar-refractivity contribution in [2.75, 3.05) is 19.7 Å². The van der Waals surface area contributed by atoms with Gasteiger partial charge in [0.2, 0.25) is 5.82 Å². The molecular weight excluding hydrogens is 544 g/mol. The van der Waals surface area contributed by atoms with Crippen LogP contribution in [0.2, 0.25) is 0 Å². The van der Waals surface area contributed by atoms with Gasteiger partial charge in [0.15, 0.2) is 6.04 Å². The Morgan fingerprint density at radius 1 is 1.24 bits per heavy atom. The van der Waals surface area contributed by atoms with E-state index < -0.39 is 41.4 Å². The summed E-state index contributed by atoms with van der Waals surface area (Å²) in [6.07, 6.45) is 2.30. The lowest BCUT2D eigenvalue weighted by Crippen LogP contribution is -2.92. The molecule has 0 saturated carbocycles. The number of rotatable bonds is 5. The van der Waals surface area contributed by atoms with E-state index in [1.54, 1.807) is 25.1 Å². The van der Waals surface area contributed by atoms with Gasteiger partial charge in [-0.3, -0.25) is 31.4 Å². The van der Waals surface area contributed by atoms with E-state index in [1.807, 2.05) is 6.07 Å². The summed E-state index contributed by atoms with van der Waals surface area (Å²) >= 11 is 0. The highest BCUT2D eigenvalue weighted by molar-refractivity contribution is 5.98. The SMILES string of the molecule is Cc1ccnc(C(=O)NC[C@@H]2NC(N)=[N+]3CC(NC(=O)c4cccc5c4OCCC5(C)C)C(O)(O)[C@@]34NC(N)=[NH+][C@@H]24)n1. The van der Waals surface area contributed by atoms with E-state index in [0.29, 0.717) is 23.6 Å². The van der Waals surface area contributed by atoms with E-state index >= 15 is 0 Å². The molecule has 4 aliphatic heterocycles. The van der Waals surface area contributed by atoms with E-state index in [4.69, 9.17) is 16.2 Å². The van der Waals surface area contributed by atoms with Crippen molar-refractivity contribution >= 4 is 23.7 Å². The van der Waals surface area contributed by atoms with Crippen LogP contribution in [0.25, 0.3) is 0 Å². The van der Waals surface area contributed by atoms with Crippen LogP contribution < -0.4 is 42.5 Å². The van der Waals surface area contributed by atoms with Gasteiger partial charge in [-0.2, -0.15) is 0 Å². The van der Waals surface area contributed by atoms with Gasteiger partial charge in [0.25, 0.3) is 23.3 Å². The van der Waals surface area contributed by atoms with E-state index in [9.17, 15) is 19.8 Å². The standard InChI is InChI=1S/C27H34N10O5/c1-13-7-9-30-20(32-13)22(39)31-11-16-19-26(36-23(28)35-19)27(40,41)17(12-37(26)24(29)33-16)34-21(38)14-5-4-6-15-18(14)42-10-8-25(15,2)3/h4-7,9,16-17,19,40-41H,8,10-12H2,1-3H3,(H7,28,29,31,33,34,35,36,38,39)/p+2/t16-,17?,19-,26-/m0/s1. The predicted molar refractivity (Wildman–Crippen MR) is 148 cm³/mol. The molecule has 1 aromatic heterocycles. The minimum Gasteiger partial charge on any atom is -0.492 e. The number of guanidine groups is 2. The first-order valence-electron chi connectivity index (χ1n) is 13.8. The molecule has 11 N–H and O–H groups in total. The molecule has 0 radical (unpaired) electrons. The van der Waals surface area contributed by atoms with E-state index in [0.717, 1.165) is 12.0 Å². The zero-order valence-electron chi connectivity index (χ0n) is 23.6. The van der Waals surface area contributed by atoms with Gasteiger partial charge in [0.1, 0.15) is 17.8 Å². The number of hydrogen-bond acceptors (Lipinski definition) is 11. The molecule has 0 aliphatic carbocycles. The Morgan fingerprint density at radius 2 is 2.02 bits per heavy atom. The van der Waals surface area contributed by atoms with E-state index in [2.05, 4.69) is 50.1 Å². The number of hydrogen-bond donors (Lipinski definition) is 9. The molecule has 42 heavy (non-hydrogen) atoms. The van der Waals surface area contributed by atoms with Crippen molar-refractivity contribution in [3.05, 3.63) is 53.1 Å². The van der Waals surface area contributed by atoms with Crippen LogP contribution in [0.5, 0.6) is 5.75 Å². The minimum atomic E-state index is -2.58. The lowest BCUT2D eigenvalue weighted by Gasteiger charge is -2.41. The molecule has 4 aliphatic rings. The molecule has 1 unspecified atom stereocenters. The first-order valence-corrected chi connectivity index (χ1v) is 13.8. The maximum atomic E-state index is 13.6. The molecule has 15 nitrogen and oxygen atoms in total. The second kappa shape index (κ2) is 9.52. The van der Waals surface area contributed by atoms with Crippen LogP contribution in [0.1, 0.15) is 52.5 Å². The molecule has 2 amide bonds. The lowest BCUT2D eigenvalue weighted by atomic mass is 9.79. The molecule has 5 heterocycles. The maximum absolute atomic E-state index is 13.6. The zero-order chi connectivity index (χ0) is 30.0. The molecule has 2 aromatic rings. The monoisotopic (exact) mass is 580 g/mol. The number of nitrogens with one attached hydrogen (secondary N) is 5. The number of carbonyl (C=O) groups excluding carboxylic acids is 2. The van der Waals surface area contributed by atoms with Crippen molar-refractivity contribution in [3.63, 3.8) is 0 Å². The maximum Gasteiger partial charge on any atom is 0.347 e. The molecule has 15 heteroatoms. The number of para-hydroxylation sites is 1. The third-order valence-corrected chi connectivity index (χ3v) is 8.70. The molecule has 6 rings (SSSR count). The Kier molecular flexibility index (Phi) is 6.27. The number of aliphatic hydroxyl groups is 2. The largest absolute Gasteiger partial charge is 0.492 e. The van der Waals surface area contributed by atoms with E-state index in [-0.39, 0.29) is 36.2 Å². The van der Waals surface area contributed by atoms with Gasteiger partial charge >= 0.3 is 11.9 Å². The van der Waals surface area contributed by atoms with Crippen molar-refractivity contribution in [1.29, 1.82) is 0 Å². The number of amides is 2. The number of carbonyl (C=O) groups is 2. The summed E-state index contributed by atoms with van der Waals surface area (Å²) in [7, 11) is 0. The van der Waals surface area contributed by atoms with Crippen molar-refractivity contribution in [3.8, 4) is 5.75 Å². The summed E-state index contributed by atoms with van der Waals surface area (Å²) in [6.45, 7) is 6.35. The summed E-state index contributed by atoms with van der Waals surface area (Å²) in [5, 5.41) is 35.2. The fourth-order valence-corrected chi connectivity index (χ4v) is 6.44. The highest BCUT2D eigenvalue weighted by atomic mass is 16.5. The average Bonchev–Trinajstić information content (AvgIpc) is 3.40. The zero-order valence-corrected chi connectivity index (χ0v) is 23.6. The second-order valence-corrected chi connectivity index (χ2v) is 11.8. The Balaban J connectivity index is 1.27. The topological polar surface area (TPSA) is 227 Å². The van der Waals surface area contributed by atoms with Gasteiger partial charge in [0, 0.05) is 17.5 Å². The van der Waals surface area contributed by atoms with Crippen LogP contribution in [0, 0.1) is 6.92 Å². The normalized spacial score (nSPS) is 28.2. The Bertz CT molecular complexity index is 1540. The van der Waals surface area contributed by atoms with Crippen LogP contribution in [-0.4, -0.2) is 97.8 Å². The van der Waals surface area contributed by atoms with Crippen LogP contribution in [0.15, 0.2) is 30.5 Å². The molecule has 1 fully saturated rings. The van der Waals surface area contributed by atoms with Gasteiger partial charge in [0.05, 0.1) is 25.3 Å². The first kappa shape index (κ1) is 27.7. The molecule has 4 atom stereocenters. The molecular formula is C27H36N10O5+2. The number of nitrogens with two attached hydrogens (primary N) is 2. The summed E-state index contributed by atoms with van der Waals surface area (Å²) < 4.78 is 7.43. The highest BCUT2D eigenvalue weighted by Crippen LogP contribution is 2.41. The fraction of sp³-hybridized carbons (Fsp3) is 0.481. The number of nitrogens with zero attached hydrogens (tertiary/aromatic N) is 3. The quantitative estimate of drug-likeness (QED) is 0.121. The number of ether oxygens (including phenoxy) is 1. The van der Waals surface area contributed by atoms with Crippen molar-refractivity contribution < 1.29 is 34.1 Å². The highest BCUT2D eigenvalue weighted by Gasteiger charge is 2.78. The molecule has 0 bridgehead atoms. The third-order valence-electron chi connectivity index (χ3n) is 8.70. The van der Waals surface area contributed by atoms with Crippen LogP contribution in [0.4, 0.5) is 0 Å². The lowest BCUT2D eigenvalue weighted by molar-refractivity contribution is -0.674. The van der Waals surface area contributed by atoms with E-state index in [1.165, 1.54) is 10.8 Å². The summed E-state index contributed by atoms with van der Waals surface area (Å²) in [6, 6.07) is 4.38. The average molecular weight is 581 g/mol. The molecule has 1 saturated heterocycles. The summed E-state index contributed by atoms with van der Waals surface area (Å²) in [5.74, 6) is -2.94. The Hall–Kier alpha value is -4.50. The summed E-state index contributed by atoms with van der Waals surface area (Å²) in [5.41, 5.74) is 12.5. The van der Waals surface area contributed by atoms with Crippen molar-refractivity contribution in [2.24, 2.45) is 11.5 Å². The number of fused-ring (bicyclic) bond motifs is 1. The van der Waals surface area contributed by atoms with Crippen molar-refractivity contribution in [2.45, 2.75) is 62.2 Å². The van der Waals surface area contributed by atoms with Gasteiger partial charge < -0.3 is 25.6 Å². The third kappa shape index (κ3) is 4.10. The van der Waals surface area contributed by atoms with Crippen LogP contribution in [0.3, 0.4) is 0 Å². The smallest absolute Gasteiger partial charge is 0.347 e. The number of benzene rings is 1. The Labute approximate surface area is 241 Å². The Morgan fingerprint density at radius 3 is 2.79 bits per heavy atom. The molecule has 222 valence electrons.